The van der Waals surface area contributed by atoms with E-state index in [1.807, 2.05) is 26.0 Å². The van der Waals surface area contributed by atoms with Crippen LogP contribution in [0.15, 0.2) is 29.2 Å². The molecule has 0 N–H and O–H groups in total. The zero-order valence-electron chi connectivity index (χ0n) is 10.9. The van der Waals surface area contributed by atoms with Crippen LogP contribution in [0.2, 0.25) is 0 Å². The van der Waals surface area contributed by atoms with Gasteiger partial charge in [0.25, 0.3) is 0 Å². The van der Waals surface area contributed by atoms with Gasteiger partial charge in [0.05, 0.1) is 31.3 Å². The predicted octanol–water partition coefficient (Wildman–Crippen LogP) is 2.09. The molecule has 5 heteroatoms. The molecule has 0 aliphatic heterocycles. The second-order valence-electron chi connectivity index (χ2n) is 3.68. The maximum atomic E-state index is 11.7. The molecule has 1 atom stereocenters. The number of benzene rings is 1. The van der Waals surface area contributed by atoms with Crippen molar-refractivity contribution < 1.29 is 17.9 Å². The van der Waals surface area contributed by atoms with Gasteiger partial charge in [0.2, 0.25) is 0 Å². The smallest absolute Gasteiger partial charge is 0.189 e. The minimum Gasteiger partial charge on any atom is -0.379 e. The molecule has 102 valence electrons. The fourth-order valence-electron chi connectivity index (χ4n) is 1.25. The van der Waals surface area contributed by atoms with E-state index in [1.54, 1.807) is 12.1 Å². The number of rotatable bonds is 9. The lowest BCUT2D eigenvalue weighted by Crippen LogP contribution is -2.10. The highest BCUT2D eigenvalue weighted by atomic mass is 32.2. The van der Waals surface area contributed by atoms with Gasteiger partial charge in [-0.25, -0.2) is 4.21 Å². The number of ether oxygens (including phenoxy) is 2. The van der Waals surface area contributed by atoms with Gasteiger partial charge in [-0.3, -0.25) is 4.18 Å². The number of hydrogen-bond donors (Lipinski definition) is 0. The lowest BCUT2D eigenvalue weighted by Gasteiger charge is -2.05. The van der Waals surface area contributed by atoms with Crippen molar-refractivity contribution in [1.29, 1.82) is 0 Å². The summed E-state index contributed by atoms with van der Waals surface area (Å²) in [6, 6.07) is 7.44. The van der Waals surface area contributed by atoms with E-state index in [0.29, 0.717) is 37.9 Å². The lowest BCUT2D eigenvalue weighted by atomic mass is 10.2. The molecular formula is C13H20O4S. The zero-order chi connectivity index (χ0) is 13.2. The van der Waals surface area contributed by atoms with Gasteiger partial charge in [-0.2, -0.15) is 0 Å². The SMILES string of the molecule is CCOCCOCCOS(=O)c1ccc(C)cc1. The summed E-state index contributed by atoms with van der Waals surface area (Å²) in [7, 11) is 0. The van der Waals surface area contributed by atoms with Gasteiger partial charge in [0.1, 0.15) is 0 Å². The zero-order valence-corrected chi connectivity index (χ0v) is 11.7. The Kier molecular flexibility index (Phi) is 7.84. The van der Waals surface area contributed by atoms with E-state index in [0.717, 1.165) is 5.56 Å². The van der Waals surface area contributed by atoms with Crippen LogP contribution >= 0.6 is 0 Å². The summed E-state index contributed by atoms with van der Waals surface area (Å²) in [5.41, 5.74) is 1.13. The van der Waals surface area contributed by atoms with Crippen LogP contribution in [-0.4, -0.2) is 37.2 Å². The van der Waals surface area contributed by atoms with Crippen LogP contribution in [0.1, 0.15) is 12.5 Å². The maximum absolute atomic E-state index is 11.7. The minimum absolute atomic E-state index is 0.312. The number of hydrogen-bond acceptors (Lipinski definition) is 4. The highest BCUT2D eigenvalue weighted by Gasteiger charge is 2.03. The molecule has 0 spiro atoms. The Morgan fingerprint density at radius 1 is 1.00 bits per heavy atom. The van der Waals surface area contributed by atoms with Crippen LogP contribution in [-0.2, 0) is 24.7 Å². The van der Waals surface area contributed by atoms with Gasteiger partial charge in [-0.15, -0.1) is 0 Å². The lowest BCUT2D eigenvalue weighted by molar-refractivity contribution is 0.0421. The van der Waals surface area contributed by atoms with E-state index in [2.05, 4.69) is 0 Å². The van der Waals surface area contributed by atoms with Gasteiger partial charge in [-0.05, 0) is 26.0 Å². The van der Waals surface area contributed by atoms with Crippen molar-refractivity contribution in [2.24, 2.45) is 0 Å². The molecule has 0 aliphatic rings. The second kappa shape index (κ2) is 9.22. The first-order valence-corrected chi connectivity index (χ1v) is 7.08. The minimum atomic E-state index is -1.41. The van der Waals surface area contributed by atoms with Crippen LogP contribution < -0.4 is 0 Å². The molecule has 0 amide bonds. The van der Waals surface area contributed by atoms with Crippen LogP contribution in [0.5, 0.6) is 0 Å². The molecular weight excluding hydrogens is 252 g/mol. The van der Waals surface area contributed by atoms with Crippen molar-refractivity contribution in [3.8, 4) is 0 Å². The highest BCUT2D eigenvalue weighted by molar-refractivity contribution is 7.80. The fourth-order valence-corrected chi connectivity index (χ4v) is 1.96. The van der Waals surface area contributed by atoms with E-state index in [4.69, 9.17) is 13.7 Å². The van der Waals surface area contributed by atoms with Crippen LogP contribution in [0.25, 0.3) is 0 Å². The number of aryl methyl sites for hydroxylation is 1. The summed E-state index contributed by atoms with van der Waals surface area (Å²) < 4.78 is 27.3. The van der Waals surface area contributed by atoms with Gasteiger partial charge < -0.3 is 9.47 Å². The van der Waals surface area contributed by atoms with E-state index in [9.17, 15) is 4.21 Å². The Hall–Kier alpha value is -0.750. The van der Waals surface area contributed by atoms with Crippen LogP contribution in [0.3, 0.4) is 0 Å². The Labute approximate surface area is 111 Å². The first-order valence-electron chi connectivity index (χ1n) is 6.01. The third-order valence-corrected chi connectivity index (χ3v) is 3.25. The molecule has 0 fully saturated rings. The largest absolute Gasteiger partial charge is 0.379 e. The van der Waals surface area contributed by atoms with Crippen molar-refractivity contribution in [2.75, 3.05) is 33.0 Å². The summed E-state index contributed by atoms with van der Waals surface area (Å²) in [6.07, 6.45) is 0. The normalized spacial score (nSPS) is 12.6. The molecule has 18 heavy (non-hydrogen) atoms. The fraction of sp³-hybridized carbons (Fsp3) is 0.538. The van der Waals surface area contributed by atoms with Gasteiger partial charge in [-0.1, -0.05) is 17.7 Å². The summed E-state index contributed by atoms with van der Waals surface area (Å²) in [6.45, 7) is 6.47. The molecule has 1 aromatic rings. The molecule has 0 bridgehead atoms. The molecule has 0 heterocycles. The monoisotopic (exact) mass is 272 g/mol. The highest BCUT2D eigenvalue weighted by Crippen LogP contribution is 2.08. The van der Waals surface area contributed by atoms with Crippen molar-refractivity contribution in [3.63, 3.8) is 0 Å². The molecule has 4 nitrogen and oxygen atoms in total. The molecule has 1 aromatic carbocycles. The molecule has 1 rings (SSSR count). The maximum Gasteiger partial charge on any atom is 0.189 e. The van der Waals surface area contributed by atoms with Crippen LogP contribution in [0.4, 0.5) is 0 Å². The third-order valence-electron chi connectivity index (χ3n) is 2.21. The summed E-state index contributed by atoms with van der Waals surface area (Å²) in [5, 5.41) is 0. The van der Waals surface area contributed by atoms with Crippen molar-refractivity contribution in [3.05, 3.63) is 29.8 Å². The topological polar surface area (TPSA) is 44.8 Å². The average Bonchev–Trinajstić information content (AvgIpc) is 2.38. The predicted molar refractivity (Wildman–Crippen MR) is 70.9 cm³/mol. The van der Waals surface area contributed by atoms with E-state index in [1.165, 1.54) is 0 Å². The van der Waals surface area contributed by atoms with E-state index < -0.39 is 11.1 Å². The Morgan fingerprint density at radius 3 is 2.28 bits per heavy atom. The van der Waals surface area contributed by atoms with Crippen LogP contribution in [0, 0.1) is 6.92 Å². The van der Waals surface area contributed by atoms with Gasteiger partial charge in [0, 0.05) is 6.61 Å². The third kappa shape index (κ3) is 6.26. The first kappa shape index (κ1) is 15.3. The van der Waals surface area contributed by atoms with Gasteiger partial charge in [0.15, 0.2) is 11.1 Å². The average molecular weight is 272 g/mol. The summed E-state index contributed by atoms with van der Waals surface area (Å²) in [5.74, 6) is 0. The summed E-state index contributed by atoms with van der Waals surface area (Å²) in [4.78, 5) is 0.676. The molecule has 0 radical (unpaired) electrons. The molecule has 0 aliphatic carbocycles. The van der Waals surface area contributed by atoms with Crippen molar-refractivity contribution in [2.45, 2.75) is 18.7 Å². The van der Waals surface area contributed by atoms with E-state index >= 15 is 0 Å². The second-order valence-corrected chi connectivity index (χ2v) is 4.86. The Bertz CT molecular complexity index is 351. The Morgan fingerprint density at radius 2 is 1.61 bits per heavy atom. The van der Waals surface area contributed by atoms with E-state index in [-0.39, 0.29) is 0 Å². The van der Waals surface area contributed by atoms with Crippen molar-refractivity contribution >= 4 is 11.1 Å². The molecule has 0 saturated carbocycles. The molecule has 0 aromatic heterocycles. The quantitative estimate of drug-likeness (QED) is 0.646. The summed E-state index contributed by atoms with van der Waals surface area (Å²) >= 11 is -1.41. The standard InChI is InChI=1S/C13H20O4S/c1-3-15-8-9-16-10-11-17-18(14)13-6-4-12(2)5-7-13/h4-7H,3,8-11H2,1-2H3. The van der Waals surface area contributed by atoms with Crippen molar-refractivity contribution in [1.82, 2.24) is 0 Å². The molecule has 0 saturated heterocycles. The first-order chi connectivity index (χ1) is 8.74. The van der Waals surface area contributed by atoms with Gasteiger partial charge >= 0.3 is 0 Å². The Balaban J connectivity index is 2.12. The molecule has 1 unspecified atom stereocenters.